The molecule has 182 valence electrons. The van der Waals surface area contributed by atoms with Gasteiger partial charge in [-0.1, -0.05) is 45.4 Å². The topological polar surface area (TPSA) is 80.2 Å². The number of allylic oxidation sites excluding steroid dienone is 1. The van der Waals surface area contributed by atoms with Crippen LogP contribution in [0, 0.1) is 6.92 Å². The first-order chi connectivity index (χ1) is 16.8. The number of amidine groups is 1. The first-order valence-corrected chi connectivity index (χ1v) is 12.9. The van der Waals surface area contributed by atoms with E-state index in [1.165, 1.54) is 11.8 Å². The number of nitrogens with one attached hydrogen (secondary N) is 1. The molecule has 0 spiro atoms. The molecule has 35 heavy (non-hydrogen) atoms. The third-order valence-electron chi connectivity index (χ3n) is 5.40. The summed E-state index contributed by atoms with van der Waals surface area (Å²) >= 11 is 11.2. The SMILES string of the molecule is CCOC(=O)C1=C(C)N=C2SC=CN2[C@H]1c1cc(Br)ccc1OCC(=O)Nc1ccc(C)c(Cl)c1. The van der Waals surface area contributed by atoms with E-state index >= 15 is 0 Å². The van der Waals surface area contributed by atoms with Crippen molar-refractivity contribution in [2.45, 2.75) is 26.8 Å². The van der Waals surface area contributed by atoms with E-state index in [0.717, 1.165) is 15.2 Å². The summed E-state index contributed by atoms with van der Waals surface area (Å²) in [7, 11) is 0. The molecule has 2 aromatic carbocycles. The number of hydrogen-bond acceptors (Lipinski definition) is 7. The van der Waals surface area contributed by atoms with Crippen molar-refractivity contribution in [1.82, 2.24) is 4.90 Å². The summed E-state index contributed by atoms with van der Waals surface area (Å²) in [4.78, 5) is 32.1. The molecule has 4 rings (SSSR count). The van der Waals surface area contributed by atoms with E-state index in [1.807, 2.05) is 41.6 Å². The molecular weight excluding hydrogens is 554 g/mol. The molecule has 2 aromatic rings. The second kappa shape index (κ2) is 10.9. The molecule has 1 N–H and O–H groups in total. The molecule has 0 aliphatic carbocycles. The van der Waals surface area contributed by atoms with Crippen LogP contribution < -0.4 is 10.1 Å². The Morgan fingerprint density at radius 1 is 1.23 bits per heavy atom. The van der Waals surface area contributed by atoms with Crippen LogP contribution in [0.25, 0.3) is 0 Å². The zero-order valence-corrected chi connectivity index (χ0v) is 22.5. The summed E-state index contributed by atoms with van der Waals surface area (Å²) < 4.78 is 12.1. The Kier molecular flexibility index (Phi) is 7.88. The van der Waals surface area contributed by atoms with Crippen LogP contribution >= 0.6 is 39.3 Å². The summed E-state index contributed by atoms with van der Waals surface area (Å²) in [6.45, 7) is 5.47. The number of esters is 1. The lowest BCUT2D eigenvalue weighted by molar-refractivity contribution is -0.139. The van der Waals surface area contributed by atoms with Crippen LogP contribution in [0.4, 0.5) is 5.69 Å². The van der Waals surface area contributed by atoms with Gasteiger partial charge in [-0.05, 0) is 62.1 Å². The number of aryl methyl sites for hydroxylation is 1. The quantitative estimate of drug-likeness (QED) is 0.396. The van der Waals surface area contributed by atoms with Gasteiger partial charge in [-0.25, -0.2) is 9.79 Å². The lowest BCUT2D eigenvalue weighted by atomic mass is 9.94. The number of carbonyl (C=O) groups excluding carboxylic acids is 2. The van der Waals surface area contributed by atoms with Gasteiger partial charge in [0.05, 0.1) is 23.9 Å². The molecule has 0 aromatic heterocycles. The number of carbonyl (C=O) groups is 2. The normalized spacial score (nSPS) is 16.7. The summed E-state index contributed by atoms with van der Waals surface area (Å²) in [6.07, 6.45) is 1.87. The summed E-state index contributed by atoms with van der Waals surface area (Å²) in [5.74, 6) is -0.307. The fourth-order valence-electron chi connectivity index (χ4n) is 3.75. The van der Waals surface area contributed by atoms with Gasteiger partial charge in [0, 0.05) is 26.9 Å². The van der Waals surface area contributed by atoms with Crippen LogP contribution in [0.2, 0.25) is 5.02 Å². The second-order valence-electron chi connectivity index (χ2n) is 7.81. The number of amides is 1. The van der Waals surface area contributed by atoms with Crippen molar-refractivity contribution in [3.8, 4) is 5.75 Å². The van der Waals surface area contributed by atoms with E-state index in [1.54, 1.807) is 32.0 Å². The van der Waals surface area contributed by atoms with Gasteiger partial charge in [-0.3, -0.25) is 4.79 Å². The summed E-state index contributed by atoms with van der Waals surface area (Å²) in [6, 6.07) is 10.3. The molecule has 0 fully saturated rings. The lowest BCUT2D eigenvalue weighted by Crippen LogP contribution is -2.34. The van der Waals surface area contributed by atoms with Crippen molar-refractivity contribution in [1.29, 1.82) is 0 Å². The van der Waals surface area contributed by atoms with Crippen molar-refractivity contribution in [2.75, 3.05) is 18.5 Å². The third-order valence-corrected chi connectivity index (χ3v) is 7.07. The van der Waals surface area contributed by atoms with Crippen LogP contribution in [0.3, 0.4) is 0 Å². The molecule has 2 aliphatic heterocycles. The number of thioether (sulfide) groups is 1. The summed E-state index contributed by atoms with van der Waals surface area (Å²) in [5, 5.41) is 6.02. The summed E-state index contributed by atoms with van der Waals surface area (Å²) in [5.41, 5.74) is 3.21. The Balaban J connectivity index is 1.62. The average Bonchev–Trinajstić information content (AvgIpc) is 3.28. The Morgan fingerprint density at radius 3 is 2.77 bits per heavy atom. The second-order valence-corrected chi connectivity index (χ2v) is 10.0. The van der Waals surface area contributed by atoms with Crippen molar-refractivity contribution in [3.05, 3.63) is 79.9 Å². The van der Waals surface area contributed by atoms with Gasteiger partial charge >= 0.3 is 5.97 Å². The van der Waals surface area contributed by atoms with Gasteiger partial charge in [0.25, 0.3) is 5.91 Å². The molecule has 0 unspecified atom stereocenters. The van der Waals surface area contributed by atoms with Gasteiger partial charge in [-0.15, -0.1) is 0 Å². The van der Waals surface area contributed by atoms with E-state index in [-0.39, 0.29) is 19.1 Å². The van der Waals surface area contributed by atoms with E-state index < -0.39 is 12.0 Å². The van der Waals surface area contributed by atoms with E-state index in [0.29, 0.717) is 33.3 Å². The highest BCUT2D eigenvalue weighted by atomic mass is 79.9. The standard InChI is InChI=1S/C25H23BrClN3O4S/c1-4-33-24(32)22-15(3)28-25-30(9-10-35-25)23(22)18-11-16(26)6-8-20(18)34-13-21(31)29-17-7-5-14(2)19(27)12-17/h5-12,23H,4,13H2,1-3H3,(H,29,31)/t23-/m0/s1. The van der Waals surface area contributed by atoms with Crippen LogP contribution in [0.1, 0.15) is 31.0 Å². The lowest BCUT2D eigenvalue weighted by Gasteiger charge is -2.34. The van der Waals surface area contributed by atoms with Crippen molar-refractivity contribution in [2.24, 2.45) is 4.99 Å². The zero-order valence-electron chi connectivity index (χ0n) is 19.3. The smallest absolute Gasteiger partial charge is 0.338 e. The maximum absolute atomic E-state index is 13.0. The first-order valence-electron chi connectivity index (χ1n) is 10.8. The number of halogens is 2. The maximum Gasteiger partial charge on any atom is 0.338 e. The molecule has 1 atom stereocenters. The largest absolute Gasteiger partial charge is 0.483 e. The number of anilines is 1. The molecule has 2 aliphatic rings. The zero-order chi connectivity index (χ0) is 25.1. The molecule has 0 bridgehead atoms. The Labute approximate surface area is 221 Å². The minimum absolute atomic E-state index is 0.226. The first kappa shape index (κ1) is 25.3. The minimum Gasteiger partial charge on any atom is -0.483 e. The molecule has 10 heteroatoms. The van der Waals surface area contributed by atoms with Crippen LogP contribution in [0.5, 0.6) is 5.75 Å². The van der Waals surface area contributed by atoms with Crippen LogP contribution in [-0.4, -0.2) is 35.2 Å². The highest BCUT2D eigenvalue weighted by Crippen LogP contribution is 2.44. The monoisotopic (exact) mass is 575 g/mol. The molecule has 0 radical (unpaired) electrons. The molecule has 2 heterocycles. The average molecular weight is 577 g/mol. The number of fused-ring (bicyclic) bond motifs is 1. The van der Waals surface area contributed by atoms with Gasteiger partial charge in [0.1, 0.15) is 5.75 Å². The predicted molar refractivity (Wildman–Crippen MR) is 143 cm³/mol. The van der Waals surface area contributed by atoms with Crippen molar-refractivity contribution >= 4 is 62.0 Å². The molecule has 7 nitrogen and oxygen atoms in total. The Hall–Kier alpha value is -2.75. The van der Waals surface area contributed by atoms with Gasteiger partial charge in [0.15, 0.2) is 11.8 Å². The molecule has 0 saturated heterocycles. The number of ether oxygens (including phenoxy) is 2. The van der Waals surface area contributed by atoms with E-state index in [9.17, 15) is 9.59 Å². The van der Waals surface area contributed by atoms with Crippen molar-refractivity contribution < 1.29 is 19.1 Å². The van der Waals surface area contributed by atoms with Gasteiger partial charge in [0.2, 0.25) is 0 Å². The molecular formula is C25H23BrClN3O4S. The number of hydrogen-bond donors (Lipinski definition) is 1. The van der Waals surface area contributed by atoms with Crippen LogP contribution in [-0.2, 0) is 14.3 Å². The number of benzene rings is 2. The third kappa shape index (κ3) is 5.58. The van der Waals surface area contributed by atoms with E-state index in [4.69, 9.17) is 21.1 Å². The maximum atomic E-state index is 13.0. The Morgan fingerprint density at radius 2 is 2.03 bits per heavy atom. The predicted octanol–water partition coefficient (Wildman–Crippen LogP) is 6.20. The number of rotatable bonds is 7. The van der Waals surface area contributed by atoms with Gasteiger partial charge < -0.3 is 19.7 Å². The Bertz CT molecular complexity index is 1280. The van der Waals surface area contributed by atoms with Crippen LogP contribution in [0.15, 0.2) is 68.7 Å². The van der Waals surface area contributed by atoms with E-state index in [2.05, 4.69) is 26.2 Å². The highest BCUT2D eigenvalue weighted by Gasteiger charge is 2.39. The minimum atomic E-state index is -0.528. The number of nitrogens with zero attached hydrogens (tertiary/aromatic N) is 2. The molecule has 0 saturated carbocycles. The van der Waals surface area contributed by atoms with Gasteiger partial charge in [-0.2, -0.15) is 0 Å². The fraction of sp³-hybridized carbons (Fsp3) is 0.240. The fourth-order valence-corrected chi connectivity index (χ4v) is 5.10. The molecule has 1 amide bonds. The highest BCUT2D eigenvalue weighted by molar-refractivity contribution is 9.10. The van der Waals surface area contributed by atoms with Crippen molar-refractivity contribution in [3.63, 3.8) is 0 Å². The number of aliphatic imine (C=N–C) groups is 1.